The number of carbonyl (C=O) groups excluding carboxylic acids is 1. The molecule has 3 aromatic carbocycles. The number of Topliss-reactive ketones (excluding diaryl/α,β-unsaturated/α-hetero) is 1. The molecule has 3 aliphatic rings. The molecule has 0 saturated heterocycles. The van der Waals surface area contributed by atoms with Crippen molar-refractivity contribution in [3.8, 4) is 17.2 Å². The third kappa shape index (κ3) is 3.71. The first-order chi connectivity index (χ1) is 16.5. The largest absolute Gasteiger partial charge is 0.489 e. The van der Waals surface area contributed by atoms with Gasteiger partial charge >= 0.3 is 0 Å². The summed E-state index contributed by atoms with van der Waals surface area (Å²) >= 11 is 0. The van der Waals surface area contributed by atoms with E-state index in [2.05, 4.69) is 43.4 Å². The van der Waals surface area contributed by atoms with Crippen molar-refractivity contribution in [3.63, 3.8) is 0 Å². The van der Waals surface area contributed by atoms with Crippen molar-refractivity contribution >= 4 is 11.5 Å². The fourth-order valence-corrected chi connectivity index (χ4v) is 5.25. The van der Waals surface area contributed by atoms with Gasteiger partial charge in [-0.05, 0) is 46.7 Å². The third-order valence-corrected chi connectivity index (χ3v) is 6.81. The molecular formula is C29H27NO4. The number of rotatable bonds is 4. The van der Waals surface area contributed by atoms with Gasteiger partial charge in [-0.25, -0.2) is 0 Å². The Morgan fingerprint density at radius 1 is 0.971 bits per heavy atom. The first-order valence-electron chi connectivity index (χ1n) is 11.7. The van der Waals surface area contributed by atoms with Crippen LogP contribution in [-0.2, 0) is 11.4 Å². The minimum Gasteiger partial charge on any atom is -0.489 e. The molecule has 0 bridgehead atoms. The molecule has 0 fully saturated rings. The van der Waals surface area contributed by atoms with E-state index in [1.165, 1.54) is 0 Å². The topological polar surface area (TPSA) is 56.8 Å². The monoisotopic (exact) mass is 453 g/mol. The Bertz CT molecular complexity index is 1290. The summed E-state index contributed by atoms with van der Waals surface area (Å²) in [4.78, 5) is 13.4. The van der Waals surface area contributed by atoms with Crippen LogP contribution in [0.25, 0.3) is 0 Å². The predicted molar refractivity (Wildman–Crippen MR) is 130 cm³/mol. The van der Waals surface area contributed by atoms with Gasteiger partial charge in [-0.15, -0.1) is 0 Å². The van der Waals surface area contributed by atoms with E-state index in [-0.39, 0.29) is 23.9 Å². The highest BCUT2D eigenvalue weighted by Crippen LogP contribution is 2.51. The molecule has 0 radical (unpaired) electrons. The maximum atomic E-state index is 13.4. The summed E-state index contributed by atoms with van der Waals surface area (Å²) in [5.74, 6) is 2.31. The van der Waals surface area contributed by atoms with Crippen molar-refractivity contribution in [3.05, 3.63) is 94.7 Å². The molecule has 2 heterocycles. The molecule has 5 heteroatoms. The number of allylic oxidation sites excluding steroid dienone is 2. The Hall–Kier alpha value is -3.73. The second-order valence-electron chi connectivity index (χ2n) is 10.0. The van der Waals surface area contributed by atoms with Gasteiger partial charge in [0.25, 0.3) is 0 Å². The third-order valence-electron chi connectivity index (χ3n) is 6.81. The lowest BCUT2D eigenvalue weighted by Gasteiger charge is -2.39. The fraction of sp³-hybridized carbons (Fsp3) is 0.276. The first-order valence-corrected chi connectivity index (χ1v) is 11.7. The summed E-state index contributed by atoms with van der Waals surface area (Å²) in [7, 11) is 0. The van der Waals surface area contributed by atoms with Crippen LogP contribution in [0.3, 0.4) is 0 Å². The number of fused-ring (bicyclic) bond motifs is 2. The minimum absolute atomic E-state index is 0.0730. The molecule has 1 N–H and O–H groups in total. The number of ether oxygens (including phenoxy) is 3. The SMILES string of the molecule is CC1(C)CC(=O)C2=C(C1)Nc1cc3c(cc1C2c1ccc(OCc2ccccc2)cc1)OCO3. The average molecular weight is 454 g/mol. The standard InChI is InChI=1S/C29H27NO4/c1-29(2)14-23-28(24(31)15-29)27(21-12-25-26(34-17-33-25)13-22(21)30-23)19-8-10-20(11-9-19)32-16-18-6-4-3-5-7-18/h3-13,27,30H,14-17H2,1-2H3. The quantitative estimate of drug-likeness (QED) is 0.510. The van der Waals surface area contributed by atoms with Crippen molar-refractivity contribution in [1.29, 1.82) is 0 Å². The zero-order valence-electron chi connectivity index (χ0n) is 19.4. The Morgan fingerprint density at radius 3 is 2.47 bits per heavy atom. The van der Waals surface area contributed by atoms with Crippen molar-refractivity contribution in [2.75, 3.05) is 12.1 Å². The predicted octanol–water partition coefficient (Wildman–Crippen LogP) is 6.19. The number of benzene rings is 3. The van der Waals surface area contributed by atoms with Crippen LogP contribution in [-0.4, -0.2) is 12.6 Å². The van der Waals surface area contributed by atoms with Crippen LogP contribution in [0.5, 0.6) is 17.2 Å². The molecule has 2 aliphatic heterocycles. The first kappa shape index (κ1) is 20.8. The van der Waals surface area contributed by atoms with Gasteiger partial charge in [0, 0.05) is 35.4 Å². The summed E-state index contributed by atoms with van der Waals surface area (Å²) in [5.41, 5.74) is 6.01. The van der Waals surface area contributed by atoms with Crippen LogP contribution in [0, 0.1) is 5.41 Å². The normalized spacial score (nSPS) is 19.8. The van der Waals surface area contributed by atoms with E-state index >= 15 is 0 Å². The van der Waals surface area contributed by atoms with Gasteiger partial charge in [-0.3, -0.25) is 4.79 Å². The molecule has 6 rings (SSSR count). The Morgan fingerprint density at radius 2 is 1.71 bits per heavy atom. The van der Waals surface area contributed by atoms with E-state index in [0.717, 1.165) is 57.3 Å². The highest BCUT2D eigenvalue weighted by atomic mass is 16.7. The molecule has 0 amide bonds. The molecule has 1 unspecified atom stereocenters. The van der Waals surface area contributed by atoms with Gasteiger partial charge in [0.05, 0.1) is 0 Å². The van der Waals surface area contributed by atoms with Gasteiger partial charge in [0.15, 0.2) is 17.3 Å². The average Bonchev–Trinajstić information content (AvgIpc) is 3.28. The summed E-state index contributed by atoms with van der Waals surface area (Å²) < 4.78 is 17.3. The molecule has 172 valence electrons. The van der Waals surface area contributed by atoms with Crippen LogP contribution in [0.15, 0.2) is 78.0 Å². The molecular weight excluding hydrogens is 426 g/mol. The van der Waals surface area contributed by atoms with E-state index in [1.807, 2.05) is 42.5 Å². The van der Waals surface area contributed by atoms with Gasteiger partial charge < -0.3 is 19.5 Å². The lowest BCUT2D eigenvalue weighted by atomic mass is 9.68. The van der Waals surface area contributed by atoms with Crippen molar-refractivity contribution in [2.24, 2.45) is 5.41 Å². The molecule has 0 aromatic heterocycles. The number of ketones is 1. The maximum Gasteiger partial charge on any atom is 0.231 e. The van der Waals surface area contributed by atoms with E-state index in [4.69, 9.17) is 14.2 Å². The zero-order valence-corrected chi connectivity index (χ0v) is 19.4. The molecule has 34 heavy (non-hydrogen) atoms. The van der Waals surface area contributed by atoms with E-state index in [9.17, 15) is 4.79 Å². The highest BCUT2D eigenvalue weighted by Gasteiger charge is 2.41. The Kier molecular flexibility index (Phi) is 4.87. The van der Waals surface area contributed by atoms with Gasteiger partial charge in [0.2, 0.25) is 6.79 Å². The van der Waals surface area contributed by atoms with Gasteiger partial charge in [0.1, 0.15) is 12.4 Å². The number of nitrogens with one attached hydrogen (secondary N) is 1. The van der Waals surface area contributed by atoms with Crippen LogP contribution < -0.4 is 19.5 Å². The lowest BCUT2D eigenvalue weighted by molar-refractivity contribution is -0.118. The summed E-state index contributed by atoms with van der Waals surface area (Å²) in [5, 5.41) is 3.56. The molecule has 1 atom stereocenters. The van der Waals surface area contributed by atoms with Crippen LogP contribution in [0.1, 0.15) is 49.3 Å². The van der Waals surface area contributed by atoms with Crippen molar-refractivity contribution in [1.82, 2.24) is 0 Å². The van der Waals surface area contributed by atoms with Gasteiger partial charge in [-0.2, -0.15) is 0 Å². The smallest absolute Gasteiger partial charge is 0.231 e. The van der Waals surface area contributed by atoms with Crippen LogP contribution >= 0.6 is 0 Å². The van der Waals surface area contributed by atoms with Gasteiger partial charge in [-0.1, -0.05) is 56.3 Å². The number of anilines is 1. The van der Waals surface area contributed by atoms with E-state index < -0.39 is 0 Å². The lowest BCUT2D eigenvalue weighted by Crippen LogP contribution is -2.33. The summed E-state index contributed by atoms with van der Waals surface area (Å²) in [6.45, 7) is 5.04. The number of hydrogen-bond donors (Lipinski definition) is 1. The van der Waals surface area contributed by atoms with E-state index in [1.54, 1.807) is 0 Å². The van der Waals surface area contributed by atoms with E-state index in [0.29, 0.717) is 13.0 Å². The van der Waals surface area contributed by atoms with Crippen molar-refractivity contribution in [2.45, 2.75) is 39.2 Å². The molecule has 1 aliphatic carbocycles. The zero-order chi connectivity index (χ0) is 23.3. The number of carbonyl (C=O) groups is 1. The Labute approximate surface area is 199 Å². The fourth-order valence-electron chi connectivity index (χ4n) is 5.25. The van der Waals surface area contributed by atoms with Crippen LogP contribution in [0.2, 0.25) is 0 Å². The second-order valence-corrected chi connectivity index (χ2v) is 10.0. The second kappa shape index (κ2) is 7.94. The summed E-state index contributed by atoms with van der Waals surface area (Å²) in [6.07, 6.45) is 1.37. The summed E-state index contributed by atoms with van der Waals surface area (Å²) in [6, 6.07) is 22.3. The maximum absolute atomic E-state index is 13.4. The number of hydrogen-bond acceptors (Lipinski definition) is 5. The molecule has 0 saturated carbocycles. The highest BCUT2D eigenvalue weighted by molar-refractivity contribution is 6.01. The molecule has 3 aromatic rings. The van der Waals surface area contributed by atoms with Crippen LogP contribution in [0.4, 0.5) is 5.69 Å². The Balaban J connectivity index is 1.37. The minimum atomic E-state index is -0.160. The molecule has 5 nitrogen and oxygen atoms in total. The van der Waals surface area contributed by atoms with Crippen molar-refractivity contribution < 1.29 is 19.0 Å². The molecule has 0 spiro atoms.